The molecule has 6 nitrogen and oxygen atoms in total. The summed E-state index contributed by atoms with van der Waals surface area (Å²) in [7, 11) is -0.894. The fourth-order valence-electron chi connectivity index (χ4n) is 1.67. The number of hydrogen-bond donors (Lipinski definition) is 1. The first-order valence-corrected chi connectivity index (χ1v) is 7.51. The molecule has 0 aliphatic rings. The molecule has 0 fully saturated rings. The molecule has 0 spiro atoms. The van der Waals surface area contributed by atoms with E-state index in [9.17, 15) is 13.2 Å². The van der Waals surface area contributed by atoms with Crippen molar-refractivity contribution < 1.29 is 23.1 Å². The van der Waals surface area contributed by atoms with E-state index in [1.165, 1.54) is 32.4 Å². The molecule has 114 valence electrons. The van der Waals surface area contributed by atoms with E-state index >= 15 is 0 Å². The van der Waals surface area contributed by atoms with E-state index in [0.29, 0.717) is 11.3 Å². The minimum atomic E-state index is -3.71. The van der Waals surface area contributed by atoms with Crippen LogP contribution in [0, 0.1) is 11.8 Å². The van der Waals surface area contributed by atoms with Gasteiger partial charge in [-0.2, -0.15) is 4.31 Å². The van der Waals surface area contributed by atoms with Crippen molar-refractivity contribution in [1.82, 2.24) is 4.31 Å². The van der Waals surface area contributed by atoms with Crippen LogP contribution in [0.2, 0.25) is 0 Å². The van der Waals surface area contributed by atoms with Crippen LogP contribution in [0.5, 0.6) is 5.75 Å². The van der Waals surface area contributed by atoms with E-state index in [2.05, 4.69) is 11.8 Å². The lowest BCUT2D eigenvalue weighted by molar-refractivity contribution is -0.136. The molecule has 1 aromatic carbocycles. The Balaban J connectivity index is 3.23. The summed E-state index contributed by atoms with van der Waals surface area (Å²) in [5.41, 5.74) is 0.307. The number of ether oxygens (including phenoxy) is 1. The molecule has 1 aromatic rings. The smallest absolute Gasteiger partial charge is 0.307 e. The molecule has 21 heavy (non-hydrogen) atoms. The topological polar surface area (TPSA) is 83.9 Å². The Bertz CT molecular complexity index is 685. The molecule has 0 amide bonds. The number of methoxy groups -OCH3 is 1. The van der Waals surface area contributed by atoms with Crippen molar-refractivity contribution >= 4 is 16.0 Å². The standard InChI is InChI=1S/C14H17NO5S/c1-4-5-8-15(2)21(18,19)12-6-7-13(20-3)11(9-12)10-14(16)17/h6-7,9H,8,10H2,1-3H3,(H,16,17). The summed E-state index contributed by atoms with van der Waals surface area (Å²) in [6.07, 6.45) is -0.314. The highest BCUT2D eigenvalue weighted by Gasteiger charge is 2.22. The lowest BCUT2D eigenvalue weighted by Gasteiger charge is -2.16. The largest absolute Gasteiger partial charge is 0.496 e. The van der Waals surface area contributed by atoms with Gasteiger partial charge in [0, 0.05) is 12.6 Å². The van der Waals surface area contributed by atoms with Crippen molar-refractivity contribution in [3.05, 3.63) is 23.8 Å². The lowest BCUT2D eigenvalue weighted by atomic mass is 10.1. The highest BCUT2D eigenvalue weighted by Crippen LogP contribution is 2.24. The van der Waals surface area contributed by atoms with Crippen LogP contribution in [0.4, 0.5) is 0 Å². The monoisotopic (exact) mass is 311 g/mol. The zero-order valence-electron chi connectivity index (χ0n) is 12.1. The quantitative estimate of drug-likeness (QED) is 0.791. The Morgan fingerprint density at radius 2 is 2.10 bits per heavy atom. The summed E-state index contributed by atoms with van der Waals surface area (Å²) in [6, 6.07) is 4.15. The molecule has 0 radical (unpaired) electrons. The van der Waals surface area contributed by atoms with Crippen LogP contribution in [-0.2, 0) is 21.2 Å². The zero-order chi connectivity index (χ0) is 16.0. The van der Waals surface area contributed by atoms with Gasteiger partial charge in [-0.05, 0) is 25.1 Å². The maximum atomic E-state index is 12.3. The molecule has 0 heterocycles. The Kier molecular flexibility index (Phi) is 5.76. The summed E-state index contributed by atoms with van der Waals surface area (Å²) in [4.78, 5) is 10.9. The van der Waals surface area contributed by atoms with Crippen molar-refractivity contribution in [3.8, 4) is 17.6 Å². The highest BCUT2D eigenvalue weighted by molar-refractivity contribution is 7.89. The summed E-state index contributed by atoms with van der Waals surface area (Å²) >= 11 is 0. The molecular weight excluding hydrogens is 294 g/mol. The third kappa shape index (κ3) is 4.21. The number of sulfonamides is 1. The molecule has 0 saturated heterocycles. The van der Waals surface area contributed by atoms with Gasteiger partial charge in [-0.3, -0.25) is 4.79 Å². The molecule has 7 heteroatoms. The Hall–Kier alpha value is -2.04. The summed E-state index contributed by atoms with van der Waals surface area (Å²) in [5, 5.41) is 8.87. The van der Waals surface area contributed by atoms with Crippen molar-refractivity contribution in [2.24, 2.45) is 0 Å². The second kappa shape index (κ2) is 7.11. The molecule has 0 unspecified atom stereocenters. The van der Waals surface area contributed by atoms with Crippen LogP contribution in [0.3, 0.4) is 0 Å². The third-order valence-electron chi connectivity index (χ3n) is 2.78. The van der Waals surface area contributed by atoms with Gasteiger partial charge >= 0.3 is 5.97 Å². The molecule has 0 aromatic heterocycles. The summed E-state index contributed by atoms with van der Waals surface area (Å²) in [6.45, 7) is 1.69. The number of hydrogen-bond acceptors (Lipinski definition) is 4. The van der Waals surface area contributed by atoms with E-state index in [-0.39, 0.29) is 17.9 Å². The first kappa shape index (κ1) is 17.0. The number of benzene rings is 1. The number of nitrogens with zero attached hydrogens (tertiary/aromatic N) is 1. The summed E-state index contributed by atoms with van der Waals surface area (Å²) in [5.74, 6) is 4.57. The minimum absolute atomic E-state index is 0.0138. The number of carbonyl (C=O) groups is 1. The molecule has 1 N–H and O–H groups in total. The van der Waals surface area contributed by atoms with Crippen molar-refractivity contribution in [1.29, 1.82) is 0 Å². The van der Waals surface area contributed by atoms with Crippen molar-refractivity contribution in [2.45, 2.75) is 18.2 Å². The van der Waals surface area contributed by atoms with Gasteiger partial charge in [-0.1, -0.05) is 5.92 Å². The fraction of sp³-hybridized carbons (Fsp3) is 0.357. The van der Waals surface area contributed by atoms with E-state index in [1.807, 2.05) is 0 Å². The van der Waals surface area contributed by atoms with Crippen LogP contribution < -0.4 is 4.74 Å². The highest BCUT2D eigenvalue weighted by atomic mass is 32.2. The molecule has 0 aliphatic heterocycles. The van der Waals surface area contributed by atoms with E-state index in [1.54, 1.807) is 6.92 Å². The summed E-state index contributed by atoms with van der Waals surface area (Å²) < 4.78 is 30.8. The lowest BCUT2D eigenvalue weighted by Crippen LogP contribution is -2.27. The number of carboxylic acids is 1. The average molecular weight is 311 g/mol. The molecular formula is C14H17NO5S. The van der Waals surface area contributed by atoms with Gasteiger partial charge in [0.25, 0.3) is 0 Å². The van der Waals surface area contributed by atoms with Crippen molar-refractivity contribution in [2.75, 3.05) is 20.7 Å². The maximum absolute atomic E-state index is 12.3. The predicted octanol–water partition coefficient (Wildman–Crippen LogP) is 0.966. The Morgan fingerprint density at radius 3 is 2.62 bits per heavy atom. The predicted molar refractivity (Wildman–Crippen MR) is 77.6 cm³/mol. The van der Waals surface area contributed by atoms with Crippen LogP contribution in [0.1, 0.15) is 12.5 Å². The normalized spacial score (nSPS) is 10.9. The fourth-order valence-corrected chi connectivity index (χ4v) is 2.80. The van der Waals surface area contributed by atoms with Gasteiger partial charge in [0.2, 0.25) is 10.0 Å². The molecule has 0 bridgehead atoms. The molecule has 1 rings (SSSR count). The van der Waals surface area contributed by atoms with Gasteiger partial charge in [-0.15, -0.1) is 5.92 Å². The molecule has 0 aliphatic carbocycles. The number of rotatable bonds is 6. The van der Waals surface area contributed by atoms with Crippen LogP contribution in [0.15, 0.2) is 23.1 Å². The van der Waals surface area contributed by atoms with E-state index < -0.39 is 16.0 Å². The zero-order valence-corrected chi connectivity index (χ0v) is 12.9. The third-order valence-corrected chi connectivity index (χ3v) is 4.58. The van der Waals surface area contributed by atoms with E-state index in [4.69, 9.17) is 9.84 Å². The van der Waals surface area contributed by atoms with Gasteiger partial charge in [-0.25, -0.2) is 8.42 Å². The van der Waals surface area contributed by atoms with Crippen LogP contribution >= 0.6 is 0 Å². The van der Waals surface area contributed by atoms with Gasteiger partial charge < -0.3 is 9.84 Å². The number of carboxylic acid groups (broad SMARTS) is 1. The molecule has 0 atom stereocenters. The minimum Gasteiger partial charge on any atom is -0.496 e. The second-order valence-corrected chi connectivity index (χ2v) is 6.28. The number of aliphatic carboxylic acids is 1. The van der Waals surface area contributed by atoms with E-state index in [0.717, 1.165) is 4.31 Å². The van der Waals surface area contributed by atoms with Crippen LogP contribution in [0.25, 0.3) is 0 Å². The second-order valence-electron chi connectivity index (χ2n) is 4.23. The average Bonchev–Trinajstić information content (AvgIpc) is 2.43. The Labute approximate surface area is 124 Å². The first-order chi connectivity index (χ1) is 9.82. The Morgan fingerprint density at radius 1 is 1.43 bits per heavy atom. The van der Waals surface area contributed by atoms with Crippen LogP contribution in [-0.4, -0.2) is 44.5 Å². The van der Waals surface area contributed by atoms with Gasteiger partial charge in [0.15, 0.2) is 0 Å². The van der Waals surface area contributed by atoms with Crippen molar-refractivity contribution in [3.63, 3.8) is 0 Å². The maximum Gasteiger partial charge on any atom is 0.307 e. The molecule has 0 saturated carbocycles. The SMILES string of the molecule is CC#CCN(C)S(=O)(=O)c1ccc(OC)c(CC(=O)O)c1. The van der Waals surface area contributed by atoms with Gasteiger partial charge in [0.05, 0.1) is 25.0 Å². The van der Waals surface area contributed by atoms with Gasteiger partial charge in [0.1, 0.15) is 5.75 Å². The first-order valence-electron chi connectivity index (χ1n) is 6.07.